The van der Waals surface area contributed by atoms with Gasteiger partial charge in [0.05, 0.1) is 12.9 Å². The molecule has 5 N–H and O–H groups in total. The van der Waals surface area contributed by atoms with E-state index in [4.69, 9.17) is 10.5 Å². The summed E-state index contributed by atoms with van der Waals surface area (Å²) in [7, 11) is 3.00. The summed E-state index contributed by atoms with van der Waals surface area (Å²) in [6.07, 6.45) is -2.39. The van der Waals surface area contributed by atoms with Crippen molar-refractivity contribution >= 4 is 40.3 Å². The summed E-state index contributed by atoms with van der Waals surface area (Å²) < 4.78 is 10.8. The number of nitrogens with two attached hydrogens (primary N) is 1. The van der Waals surface area contributed by atoms with Crippen molar-refractivity contribution in [1.82, 2.24) is 34.1 Å². The lowest BCUT2D eigenvalue weighted by atomic mass is 10.1. The van der Waals surface area contributed by atoms with Gasteiger partial charge in [-0.25, -0.2) is 19.3 Å². The zero-order valence-corrected chi connectivity index (χ0v) is 18.4. The molecule has 14 heteroatoms. The summed E-state index contributed by atoms with van der Waals surface area (Å²) in [5, 5.41) is 23.0. The van der Waals surface area contributed by atoms with Crippen LogP contribution in [-0.4, -0.2) is 89.8 Å². The molecule has 4 heterocycles. The van der Waals surface area contributed by atoms with E-state index in [-0.39, 0.29) is 35.3 Å². The molecule has 1 aliphatic rings. The topological polar surface area (TPSA) is 182 Å². The number of anilines is 1. The number of ether oxygens (including phenoxy) is 1. The van der Waals surface area contributed by atoms with Gasteiger partial charge in [-0.2, -0.15) is 0 Å². The Bertz CT molecular complexity index is 1250. The molecule has 33 heavy (non-hydrogen) atoms. The average molecular weight is 472 g/mol. The van der Waals surface area contributed by atoms with Gasteiger partial charge in [0.1, 0.15) is 22.6 Å². The van der Waals surface area contributed by atoms with Gasteiger partial charge in [-0.15, -0.1) is 0 Å². The Morgan fingerprint density at radius 2 is 2.15 bits per heavy atom. The number of carbonyl (C=O) groups is 2. The number of aliphatic hydroxyl groups is 2. The monoisotopic (exact) mass is 472 g/mol. The maximum Gasteiger partial charge on any atom is 0.266 e. The van der Waals surface area contributed by atoms with Crippen LogP contribution in [0.5, 0.6) is 0 Å². The van der Waals surface area contributed by atoms with Crippen molar-refractivity contribution in [3.63, 3.8) is 0 Å². The Hall–Kier alpha value is -3.64. The van der Waals surface area contributed by atoms with Gasteiger partial charge in [-0.3, -0.25) is 14.2 Å². The van der Waals surface area contributed by atoms with Crippen molar-refractivity contribution in [3.8, 4) is 11.8 Å². The predicted molar refractivity (Wildman–Crippen MR) is 116 cm³/mol. The van der Waals surface area contributed by atoms with Crippen molar-refractivity contribution < 1.29 is 24.5 Å². The third kappa shape index (κ3) is 4.22. The average Bonchev–Trinajstić information content (AvgIpc) is 3.54. The van der Waals surface area contributed by atoms with Crippen LogP contribution in [-0.2, 0) is 9.53 Å². The zero-order chi connectivity index (χ0) is 23.7. The van der Waals surface area contributed by atoms with Crippen LogP contribution in [0, 0.1) is 11.8 Å². The number of imidazole rings is 1. The fourth-order valence-electron chi connectivity index (χ4n) is 3.25. The third-order valence-electron chi connectivity index (χ3n) is 4.98. The van der Waals surface area contributed by atoms with Gasteiger partial charge in [0, 0.05) is 20.3 Å². The van der Waals surface area contributed by atoms with E-state index in [1.54, 1.807) is 19.3 Å². The molecule has 1 aliphatic heterocycles. The first-order valence-electron chi connectivity index (χ1n) is 9.70. The second-order valence-electron chi connectivity index (χ2n) is 7.14. The molecule has 0 aromatic carbocycles. The van der Waals surface area contributed by atoms with Crippen molar-refractivity contribution in [2.24, 2.45) is 0 Å². The minimum absolute atomic E-state index is 0.0491. The summed E-state index contributed by atoms with van der Waals surface area (Å²) in [6, 6.07) is 1.63. The van der Waals surface area contributed by atoms with Gasteiger partial charge in [-0.05, 0) is 23.5 Å². The van der Waals surface area contributed by atoms with Crippen molar-refractivity contribution in [1.29, 1.82) is 0 Å². The molecule has 4 atom stereocenters. The van der Waals surface area contributed by atoms with Gasteiger partial charge in [0.2, 0.25) is 5.82 Å². The van der Waals surface area contributed by atoms with Crippen LogP contribution >= 0.6 is 11.5 Å². The number of nitrogen functional groups attached to an aromatic ring is 1. The fourth-order valence-corrected chi connectivity index (χ4v) is 3.84. The van der Waals surface area contributed by atoms with E-state index in [1.165, 1.54) is 22.8 Å². The molecule has 0 bridgehead atoms. The Kier molecular flexibility index (Phi) is 6.20. The summed E-state index contributed by atoms with van der Waals surface area (Å²) in [6.45, 7) is 0.113. The van der Waals surface area contributed by atoms with E-state index < -0.39 is 30.4 Å². The van der Waals surface area contributed by atoms with Crippen molar-refractivity contribution in [2.75, 3.05) is 26.4 Å². The SMILES string of the molecule is CNC(=O)C1OC(n2cnc3c(N)nc(C#CCN(C)C(=O)c4ccns4)nc32)[C@H](O)[C@@H]1O. The number of hydrogen-bond acceptors (Lipinski definition) is 11. The largest absolute Gasteiger partial charge is 0.387 e. The summed E-state index contributed by atoms with van der Waals surface area (Å²) in [4.78, 5) is 38.7. The zero-order valence-electron chi connectivity index (χ0n) is 17.5. The molecule has 0 spiro atoms. The Morgan fingerprint density at radius 1 is 1.36 bits per heavy atom. The third-order valence-corrected chi connectivity index (χ3v) is 5.71. The molecule has 1 saturated heterocycles. The Labute approximate surface area is 191 Å². The number of aliphatic hydroxyl groups excluding tert-OH is 2. The minimum Gasteiger partial charge on any atom is -0.387 e. The molecular formula is C19H20N8O5S. The molecule has 2 unspecified atom stereocenters. The van der Waals surface area contributed by atoms with E-state index in [0.717, 1.165) is 11.5 Å². The van der Waals surface area contributed by atoms with Gasteiger partial charge in [0.15, 0.2) is 23.8 Å². The molecular weight excluding hydrogens is 452 g/mol. The maximum absolute atomic E-state index is 12.3. The molecule has 13 nitrogen and oxygen atoms in total. The maximum atomic E-state index is 12.3. The summed E-state index contributed by atoms with van der Waals surface area (Å²) in [5.41, 5.74) is 6.44. The number of nitrogens with one attached hydrogen (secondary N) is 1. The number of rotatable bonds is 4. The second kappa shape index (κ2) is 9.08. The highest BCUT2D eigenvalue weighted by Crippen LogP contribution is 2.32. The van der Waals surface area contributed by atoms with Crippen LogP contribution < -0.4 is 11.1 Å². The Morgan fingerprint density at radius 3 is 2.85 bits per heavy atom. The lowest BCUT2D eigenvalue weighted by molar-refractivity contribution is -0.137. The highest BCUT2D eigenvalue weighted by atomic mass is 32.1. The minimum atomic E-state index is -1.45. The normalized spacial score (nSPS) is 22.1. The van der Waals surface area contributed by atoms with E-state index in [0.29, 0.717) is 4.88 Å². The second-order valence-corrected chi connectivity index (χ2v) is 7.97. The smallest absolute Gasteiger partial charge is 0.266 e. The van der Waals surface area contributed by atoms with Crippen LogP contribution in [0.3, 0.4) is 0 Å². The van der Waals surface area contributed by atoms with Crippen LogP contribution in [0.2, 0.25) is 0 Å². The van der Waals surface area contributed by atoms with E-state index in [1.807, 2.05) is 0 Å². The lowest BCUT2D eigenvalue weighted by Crippen LogP contribution is -2.41. The molecule has 3 aromatic heterocycles. The van der Waals surface area contributed by atoms with E-state index >= 15 is 0 Å². The van der Waals surface area contributed by atoms with E-state index in [2.05, 4.69) is 36.5 Å². The van der Waals surface area contributed by atoms with Gasteiger partial charge in [-0.1, -0.05) is 5.92 Å². The first-order valence-corrected chi connectivity index (χ1v) is 10.5. The van der Waals surface area contributed by atoms with Gasteiger partial charge in [0.25, 0.3) is 11.8 Å². The molecule has 1 fully saturated rings. The molecule has 172 valence electrons. The standard InChI is InChI=1S/C19H20N8O5S/c1-21-17(30)14-12(28)13(29)19(32-14)27-8-22-11-15(20)24-10(25-16(11)27)4-3-7-26(2)18(31)9-5-6-23-33-9/h5-6,8,12-14,19,28-29H,7H2,1-2H3,(H,21,30)(H2,20,24,25)/t12-,13+,14?,19?/m0/s1. The van der Waals surface area contributed by atoms with Crippen LogP contribution in [0.25, 0.3) is 11.2 Å². The van der Waals surface area contributed by atoms with Gasteiger partial charge < -0.3 is 30.9 Å². The molecule has 0 aliphatic carbocycles. The number of fused-ring (bicyclic) bond motifs is 1. The Balaban J connectivity index is 1.58. The lowest BCUT2D eigenvalue weighted by Gasteiger charge is -2.16. The van der Waals surface area contributed by atoms with Crippen molar-refractivity contribution in [3.05, 3.63) is 29.3 Å². The van der Waals surface area contributed by atoms with Crippen LogP contribution in [0.4, 0.5) is 5.82 Å². The number of likely N-dealkylation sites (N-methyl/N-ethyl adjacent to an activating group) is 1. The van der Waals surface area contributed by atoms with Crippen LogP contribution in [0.15, 0.2) is 18.6 Å². The number of amides is 2. The molecule has 0 saturated carbocycles. The number of carbonyl (C=O) groups excluding carboxylic acids is 2. The number of hydrogen-bond donors (Lipinski definition) is 4. The summed E-state index contributed by atoms with van der Waals surface area (Å²) >= 11 is 1.10. The number of aromatic nitrogens is 5. The van der Waals surface area contributed by atoms with Crippen molar-refractivity contribution in [2.45, 2.75) is 24.5 Å². The van der Waals surface area contributed by atoms with Gasteiger partial charge >= 0.3 is 0 Å². The molecule has 4 rings (SSSR count). The molecule has 0 radical (unpaired) electrons. The first kappa shape index (κ1) is 22.6. The fraction of sp³-hybridized carbons (Fsp3) is 0.368. The number of nitrogens with zero attached hydrogens (tertiary/aromatic N) is 6. The quantitative estimate of drug-likeness (QED) is 0.321. The van der Waals surface area contributed by atoms with Crippen LogP contribution in [0.1, 0.15) is 21.7 Å². The van der Waals surface area contributed by atoms with E-state index in [9.17, 15) is 19.8 Å². The molecule has 3 aromatic rings. The predicted octanol–water partition coefficient (Wildman–Crippen LogP) is -1.65. The highest BCUT2D eigenvalue weighted by Gasteiger charge is 2.47. The summed E-state index contributed by atoms with van der Waals surface area (Å²) in [5.74, 6) is 4.90. The highest BCUT2D eigenvalue weighted by molar-refractivity contribution is 7.08. The molecule has 2 amide bonds. The first-order chi connectivity index (χ1) is 15.8.